The van der Waals surface area contributed by atoms with Crippen molar-refractivity contribution in [3.8, 4) is 6.07 Å². The zero-order chi connectivity index (χ0) is 24.5. The van der Waals surface area contributed by atoms with Crippen molar-refractivity contribution in [3.63, 3.8) is 0 Å². The summed E-state index contributed by atoms with van der Waals surface area (Å²) >= 11 is 0. The second-order valence-electron chi connectivity index (χ2n) is 7.55. The summed E-state index contributed by atoms with van der Waals surface area (Å²) in [6.45, 7) is -0.321. The molecule has 0 saturated carbocycles. The predicted octanol–water partition coefficient (Wildman–Crippen LogP) is 0.499. The van der Waals surface area contributed by atoms with Crippen molar-refractivity contribution in [2.75, 3.05) is 26.2 Å². The highest BCUT2D eigenvalue weighted by atomic mass is 32.2. The van der Waals surface area contributed by atoms with Crippen molar-refractivity contribution in [1.82, 2.24) is 19.0 Å². The molecule has 4 rings (SSSR count). The number of aromatic carboxylic acids is 1. The molecule has 12 heteroatoms. The second-order valence-corrected chi connectivity index (χ2v) is 9.46. The van der Waals surface area contributed by atoms with Crippen LogP contribution in [-0.2, 0) is 21.4 Å². The molecule has 0 radical (unpaired) electrons. The molecule has 1 amide bonds. The highest BCUT2D eigenvalue weighted by molar-refractivity contribution is 7.89. The Hall–Kier alpha value is -4.08. The number of aromatic nitrogens is 2. The molecule has 2 heterocycles. The number of carbonyl (C=O) groups is 2. The number of nitriles is 1. The first-order valence-electron chi connectivity index (χ1n) is 10.2. The van der Waals surface area contributed by atoms with E-state index in [1.807, 2.05) is 6.07 Å². The molecule has 1 aliphatic heterocycles. The Kier molecular flexibility index (Phi) is 6.14. The predicted molar refractivity (Wildman–Crippen MR) is 119 cm³/mol. The summed E-state index contributed by atoms with van der Waals surface area (Å²) in [5.41, 5.74) is -0.893. The first-order valence-corrected chi connectivity index (χ1v) is 11.7. The van der Waals surface area contributed by atoms with E-state index in [0.717, 1.165) is 4.68 Å². The number of sulfonamides is 1. The van der Waals surface area contributed by atoms with Crippen LogP contribution in [0.5, 0.6) is 0 Å². The standard InChI is InChI=1S/C22H19N5O6S/c23-13-15-5-1-4-8-18(15)34(32,33)26-11-9-25(10-12-26)19(28)14-27-21(29)17-7-3-2-6-16(17)20(24-27)22(30)31/h1-8H,9-12,14H2,(H,30,31). The average molecular weight is 481 g/mol. The highest BCUT2D eigenvalue weighted by Gasteiger charge is 2.32. The van der Waals surface area contributed by atoms with E-state index >= 15 is 0 Å². The minimum absolute atomic E-state index is 0.00819. The van der Waals surface area contributed by atoms with Gasteiger partial charge in [0.2, 0.25) is 15.9 Å². The van der Waals surface area contributed by atoms with Crippen molar-refractivity contribution in [3.05, 3.63) is 70.1 Å². The van der Waals surface area contributed by atoms with Crippen molar-refractivity contribution in [1.29, 1.82) is 5.26 Å². The lowest BCUT2D eigenvalue weighted by molar-refractivity contribution is -0.133. The first-order chi connectivity index (χ1) is 16.2. The normalized spacial score (nSPS) is 14.6. The Balaban J connectivity index is 1.51. The minimum atomic E-state index is -3.92. The van der Waals surface area contributed by atoms with Gasteiger partial charge in [0.1, 0.15) is 12.6 Å². The molecule has 3 aromatic rings. The van der Waals surface area contributed by atoms with Gasteiger partial charge in [0.15, 0.2) is 5.69 Å². The topological polar surface area (TPSA) is 154 Å². The van der Waals surface area contributed by atoms with Gasteiger partial charge < -0.3 is 10.0 Å². The first kappa shape index (κ1) is 23.1. The van der Waals surface area contributed by atoms with Crippen molar-refractivity contribution in [2.24, 2.45) is 0 Å². The van der Waals surface area contributed by atoms with Crippen molar-refractivity contribution < 1.29 is 23.1 Å². The van der Waals surface area contributed by atoms with E-state index in [1.165, 1.54) is 39.5 Å². The van der Waals surface area contributed by atoms with E-state index in [0.29, 0.717) is 0 Å². The fourth-order valence-corrected chi connectivity index (χ4v) is 5.39. The molecule has 2 aromatic carbocycles. The van der Waals surface area contributed by atoms with Gasteiger partial charge in [0.25, 0.3) is 5.56 Å². The van der Waals surface area contributed by atoms with Gasteiger partial charge in [0, 0.05) is 31.6 Å². The molecule has 0 unspecified atom stereocenters. The maximum absolute atomic E-state index is 13.0. The summed E-state index contributed by atoms with van der Waals surface area (Å²) in [5, 5.41) is 22.9. The van der Waals surface area contributed by atoms with Gasteiger partial charge in [-0.15, -0.1) is 0 Å². The molecule has 1 N–H and O–H groups in total. The Morgan fingerprint density at radius 3 is 2.26 bits per heavy atom. The Morgan fingerprint density at radius 1 is 1.00 bits per heavy atom. The number of carboxylic acid groups (broad SMARTS) is 1. The molecule has 0 atom stereocenters. The molecule has 1 aromatic heterocycles. The molecular weight excluding hydrogens is 462 g/mol. The molecular formula is C22H19N5O6S. The molecule has 0 spiro atoms. The summed E-state index contributed by atoms with van der Waals surface area (Å²) in [6.07, 6.45) is 0. The lowest BCUT2D eigenvalue weighted by Gasteiger charge is -2.34. The van der Waals surface area contributed by atoms with E-state index in [9.17, 15) is 33.2 Å². The fourth-order valence-electron chi connectivity index (χ4n) is 3.83. The lowest BCUT2D eigenvalue weighted by atomic mass is 10.1. The number of hydrogen-bond donors (Lipinski definition) is 1. The summed E-state index contributed by atoms with van der Waals surface area (Å²) in [4.78, 5) is 38.5. The third-order valence-corrected chi connectivity index (χ3v) is 7.53. The smallest absolute Gasteiger partial charge is 0.357 e. The number of amides is 1. The van der Waals surface area contributed by atoms with Gasteiger partial charge in [-0.05, 0) is 18.2 Å². The van der Waals surface area contributed by atoms with Crippen LogP contribution in [0.2, 0.25) is 0 Å². The van der Waals surface area contributed by atoms with Crippen LogP contribution < -0.4 is 5.56 Å². The number of nitrogens with zero attached hydrogens (tertiary/aromatic N) is 5. The van der Waals surface area contributed by atoms with Crippen LogP contribution in [0, 0.1) is 11.3 Å². The van der Waals surface area contributed by atoms with E-state index in [4.69, 9.17) is 0 Å². The Morgan fingerprint density at radius 2 is 1.62 bits per heavy atom. The van der Waals surface area contributed by atoms with Gasteiger partial charge in [-0.1, -0.05) is 30.3 Å². The Labute approximate surface area is 194 Å². The van der Waals surface area contributed by atoms with Crippen LogP contribution in [0.15, 0.2) is 58.2 Å². The summed E-state index contributed by atoms with van der Waals surface area (Å²) < 4.78 is 28.0. The van der Waals surface area contributed by atoms with Crippen LogP contribution >= 0.6 is 0 Å². The average Bonchev–Trinajstić information content (AvgIpc) is 2.85. The molecule has 0 bridgehead atoms. The zero-order valence-corrected chi connectivity index (χ0v) is 18.6. The number of rotatable bonds is 5. The number of carbonyl (C=O) groups excluding carboxylic acids is 1. The zero-order valence-electron chi connectivity index (χ0n) is 17.8. The van der Waals surface area contributed by atoms with Crippen LogP contribution in [0.1, 0.15) is 16.1 Å². The molecule has 1 aliphatic rings. The van der Waals surface area contributed by atoms with Gasteiger partial charge in [-0.2, -0.15) is 14.7 Å². The van der Waals surface area contributed by atoms with Crippen LogP contribution in [0.25, 0.3) is 10.8 Å². The van der Waals surface area contributed by atoms with Crippen LogP contribution in [0.3, 0.4) is 0 Å². The fraction of sp³-hybridized carbons (Fsp3) is 0.227. The van der Waals surface area contributed by atoms with Gasteiger partial charge >= 0.3 is 5.97 Å². The number of piperazine rings is 1. The lowest BCUT2D eigenvalue weighted by Crippen LogP contribution is -2.51. The van der Waals surface area contributed by atoms with Crippen LogP contribution in [-0.4, -0.2) is 70.6 Å². The van der Waals surface area contributed by atoms with E-state index in [1.54, 1.807) is 18.2 Å². The van der Waals surface area contributed by atoms with E-state index in [-0.39, 0.29) is 53.1 Å². The monoisotopic (exact) mass is 481 g/mol. The minimum Gasteiger partial charge on any atom is -0.476 e. The second kappa shape index (κ2) is 9.05. The maximum Gasteiger partial charge on any atom is 0.357 e. The maximum atomic E-state index is 13.0. The molecule has 174 valence electrons. The molecule has 1 fully saturated rings. The van der Waals surface area contributed by atoms with Gasteiger partial charge in [0.05, 0.1) is 15.8 Å². The third-order valence-electron chi connectivity index (χ3n) is 5.57. The van der Waals surface area contributed by atoms with Gasteiger partial charge in [-0.25, -0.2) is 17.9 Å². The molecule has 1 saturated heterocycles. The highest BCUT2D eigenvalue weighted by Crippen LogP contribution is 2.21. The summed E-state index contributed by atoms with van der Waals surface area (Å²) in [6, 6.07) is 13.9. The molecule has 34 heavy (non-hydrogen) atoms. The molecule has 11 nitrogen and oxygen atoms in total. The van der Waals surface area contributed by atoms with Crippen molar-refractivity contribution in [2.45, 2.75) is 11.4 Å². The third kappa shape index (κ3) is 4.14. The van der Waals surface area contributed by atoms with Crippen molar-refractivity contribution >= 4 is 32.7 Å². The van der Waals surface area contributed by atoms with E-state index in [2.05, 4.69) is 5.10 Å². The van der Waals surface area contributed by atoms with Gasteiger partial charge in [-0.3, -0.25) is 9.59 Å². The number of carboxylic acids is 1. The largest absolute Gasteiger partial charge is 0.476 e. The van der Waals surface area contributed by atoms with Crippen LogP contribution in [0.4, 0.5) is 0 Å². The molecule has 0 aliphatic carbocycles. The number of fused-ring (bicyclic) bond motifs is 1. The summed E-state index contributed by atoms with van der Waals surface area (Å²) in [7, 11) is -3.92. The Bertz CT molecular complexity index is 1500. The number of benzene rings is 2. The van der Waals surface area contributed by atoms with E-state index < -0.39 is 34.0 Å². The SMILES string of the molecule is N#Cc1ccccc1S(=O)(=O)N1CCN(C(=O)Cn2nc(C(=O)O)c3ccccc3c2=O)CC1. The summed E-state index contributed by atoms with van der Waals surface area (Å²) in [5.74, 6) is -1.82. The number of hydrogen-bond acceptors (Lipinski definition) is 7. The quantitative estimate of drug-likeness (QED) is 0.553.